The monoisotopic (exact) mass is 242 g/mol. The van der Waals surface area contributed by atoms with Gasteiger partial charge in [-0.05, 0) is 28.1 Å². The molecule has 0 spiro atoms. The number of hydrogen-bond donors (Lipinski definition) is 1. The highest BCUT2D eigenvalue weighted by atomic mass is 79.9. The average Bonchev–Trinajstić information content (AvgIpc) is 2.12. The highest BCUT2D eigenvalue weighted by Crippen LogP contribution is 2.31. The summed E-state index contributed by atoms with van der Waals surface area (Å²) in [5.41, 5.74) is 7.22. The fraction of sp³-hybridized carbons (Fsp3) is 0.222. The third-order valence-corrected chi connectivity index (χ3v) is 2.27. The van der Waals surface area contributed by atoms with Crippen LogP contribution < -0.4 is 10.5 Å². The van der Waals surface area contributed by atoms with Crippen molar-refractivity contribution in [1.82, 2.24) is 0 Å². The number of methoxy groups -OCH3 is 1. The van der Waals surface area contributed by atoms with Gasteiger partial charge in [0.05, 0.1) is 17.1 Å². The minimum atomic E-state index is 0.658. The fourth-order valence-corrected chi connectivity index (χ4v) is 1.57. The highest BCUT2D eigenvalue weighted by Gasteiger charge is 2.08. The minimum absolute atomic E-state index is 0.658. The third kappa shape index (κ3) is 2.01. The van der Waals surface area contributed by atoms with Gasteiger partial charge in [0, 0.05) is 18.9 Å². The number of aliphatic imine (C=N–C) groups is 1. The van der Waals surface area contributed by atoms with Crippen LogP contribution in [0.5, 0.6) is 5.75 Å². The Labute approximate surface area is 85.7 Å². The van der Waals surface area contributed by atoms with Gasteiger partial charge < -0.3 is 10.5 Å². The first-order chi connectivity index (χ1) is 6.20. The lowest BCUT2D eigenvalue weighted by atomic mass is 10.2. The van der Waals surface area contributed by atoms with Gasteiger partial charge in [0.1, 0.15) is 5.75 Å². The zero-order chi connectivity index (χ0) is 9.84. The summed E-state index contributed by atoms with van der Waals surface area (Å²) >= 11 is 3.37. The highest BCUT2D eigenvalue weighted by molar-refractivity contribution is 9.10. The maximum absolute atomic E-state index is 5.76. The van der Waals surface area contributed by atoms with Gasteiger partial charge in [-0.15, -0.1) is 0 Å². The largest absolute Gasteiger partial charge is 0.495 e. The van der Waals surface area contributed by atoms with E-state index < -0.39 is 0 Å². The van der Waals surface area contributed by atoms with Crippen LogP contribution in [0.4, 0.5) is 5.69 Å². The van der Waals surface area contributed by atoms with Gasteiger partial charge in [-0.25, -0.2) is 0 Å². The second-order valence-corrected chi connectivity index (χ2v) is 3.33. The second-order valence-electron chi connectivity index (χ2n) is 2.47. The maximum Gasteiger partial charge on any atom is 0.143 e. The molecule has 0 aliphatic heterocycles. The van der Waals surface area contributed by atoms with E-state index in [1.807, 2.05) is 12.1 Å². The van der Waals surface area contributed by atoms with Crippen molar-refractivity contribution in [1.29, 1.82) is 0 Å². The van der Waals surface area contributed by atoms with Gasteiger partial charge in [-0.1, -0.05) is 0 Å². The van der Waals surface area contributed by atoms with Crippen LogP contribution in [0, 0.1) is 0 Å². The van der Waals surface area contributed by atoms with Crippen LogP contribution in [-0.2, 0) is 0 Å². The number of hydrogen-bond acceptors (Lipinski definition) is 3. The van der Waals surface area contributed by atoms with Crippen LogP contribution in [0.3, 0.4) is 0 Å². The molecule has 2 N–H and O–H groups in total. The lowest BCUT2D eigenvalue weighted by molar-refractivity contribution is 0.412. The Morgan fingerprint density at radius 2 is 2.23 bits per heavy atom. The number of nitrogens with two attached hydrogens (primary N) is 1. The Hall–Kier alpha value is -1.03. The van der Waals surface area contributed by atoms with E-state index in [1.165, 1.54) is 0 Å². The Bertz CT molecular complexity index is 337. The molecular formula is C9H11BrN2O. The molecule has 0 amide bonds. The molecule has 1 aromatic rings. The SMILES string of the molecule is CN=Cc1c(N)ccc(Br)c1OC. The zero-order valence-electron chi connectivity index (χ0n) is 7.54. The summed E-state index contributed by atoms with van der Waals surface area (Å²) in [7, 11) is 3.30. The van der Waals surface area contributed by atoms with Crippen molar-refractivity contribution in [2.24, 2.45) is 4.99 Å². The van der Waals surface area contributed by atoms with E-state index in [9.17, 15) is 0 Å². The molecule has 0 radical (unpaired) electrons. The summed E-state index contributed by atoms with van der Waals surface area (Å²) in [6.07, 6.45) is 1.68. The molecule has 70 valence electrons. The Balaban J connectivity index is 3.34. The molecule has 13 heavy (non-hydrogen) atoms. The lowest BCUT2D eigenvalue weighted by Crippen LogP contribution is -1.98. The van der Waals surface area contributed by atoms with Gasteiger partial charge in [0.15, 0.2) is 0 Å². The minimum Gasteiger partial charge on any atom is -0.495 e. The molecule has 0 aromatic heterocycles. The summed E-state index contributed by atoms with van der Waals surface area (Å²) in [5, 5.41) is 0. The van der Waals surface area contributed by atoms with E-state index in [0.29, 0.717) is 11.4 Å². The average molecular weight is 243 g/mol. The van der Waals surface area contributed by atoms with Crippen LogP contribution in [0.1, 0.15) is 5.56 Å². The fourth-order valence-electron chi connectivity index (χ4n) is 1.06. The van der Waals surface area contributed by atoms with E-state index in [2.05, 4.69) is 20.9 Å². The van der Waals surface area contributed by atoms with Crippen molar-refractivity contribution in [3.05, 3.63) is 22.2 Å². The molecule has 0 saturated carbocycles. The summed E-state index contributed by atoms with van der Waals surface area (Å²) < 4.78 is 6.07. The molecule has 0 heterocycles. The zero-order valence-corrected chi connectivity index (χ0v) is 9.13. The van der Waals surface area contributed by atoms with E-state index in [4.69, 9.17) is 10.5 Å². The van der Waals surface area contributed by atoms with E-state index in [1.54, 1.807) is 20.4 Å². The van der Waals surface area contributed by atoms with E-state index >= 15 is 0 Å². The van der Waals surface area contributed by atoms with Crippen molar-refractivity contribution >= 4 is 27.8 Å². The number of nitrogen functional groups attached to an aromatic ring is 1. The predicted octanol–water partition coefficient (Wildman–Crippen LogP) is 2.09. The standard InChI is InChI=1S/C9H11BrN2O/c1-12-5-6-8(11)4-3-7(10)9(6)13-2/h3-5H,11H2,1-2H3. The van der Waals surface area contributed by atoms with Gasteiger partial charge in [-0.2, -0.15) is 0 Å². The normalized spacial score (nSPS) is 10.7. The quantitative estimate of drug-likeness (QED) is 0.638. The summed E-state index contributed by atoms with van der Waals surface area (Å²) in [6, 6.07) is 3.66. The van der Waals surface area contributed by atoms with Gasteiger partial charge in [-0.3, -0.25) is 4.99 Å². The van der Waals surface area contributed by atoms with Crippen molar-refractivity contribution in [2.45, 2.75) is 0 Å². The summed E-state index contributed by atoms with van der Waals surface area (Å²) in [6.45, 7) is 0. The maximum atomic E-state index is 5.76. The molecule has 0 unspecified atom stereocenters. The van der Waals surface area contributed by atoms with Crippen molar-refractivity contribution in [3.63, 3.8) is 0 Å². The third-order valence-electron chi connectivity index (χ3n) is 1.64. The molecule has 0 aliphatic carbocycles. The van der Waals surface area contributed by atoms with Crippen molar-refractivity contribution < 1.29 is 4.74 Å². The predicted molar refractivity (Wildman–Crippen MR) is 58.6 cm³/mol. The topological polar surface area (TPSA) is 47.6 Å². The molecule has 0 atom stereocenters. The number of anilines is 1. The van der Waals surface area contributed by atoms with Crippen LogP contribution in [-0.4, -0.2) is 20.4 Å². The van der Waals surface area contributed by atoms with Crippen molar-refractivity contribution in [3.8, 4) is 5.75 Å². The molecule has 0 saturated heterocycles. The number of benzene rings is 1. The van der Waals surface area contributed by atoms with Crippen LogP contribution in [0.15, 0.2) is 21.6 Å². The van der Waals surface area contributed by atoms with Crippen LogP contribution in [0.2, 0.25) is 0 Å². The second kappa shape index (κ2) is 4.28. The van der Waals surface area contributed by atoms with Crippen LogP contribution in [0.25, 0.3) is 0 Å². The number of rotatable bonds is 2. The van der Waals surface area contributed by atoms with Gasteiger partial charge >= 0.3 is 0 Å². The van der Waals surface area contributed by atoms with Gasteiger partial charge in [0.25, 0.3) is 0 Å². The Morgan fingerprint density at radius 3 is 2.77 bits per heavy atom. The molecular weight excluding hydrogens is 232 g/mol. The van der Waals surface area contributed by atoms with Crippen molar-refractivity contribution in [2.75, 3.05) is 19.9 Å². The Kier molecular flexibility index (Phi) is 3.31. The Morgan fingerprint density at radius 1 is 1.54 bits per heavy atom. The molecule has 1 rings (SSSR count). The molecule has 0 fully saturated rings. The molecule has 1 aromatic carbocycles. The molecule has 3 nitrogen and oxygen atoms in total. The first-order valence-corrected chi connectivity index (χ1v) is 4.54. The molecule has 0 bridgehead atoms. The van der Waals surface area contributed by atoms with Gasteiger partial charge in [0.2, 0.25) is 0 Å². The lowest BCUT2D eigenvalue weighted by Gasteiger charge is -2.08. The van der Waals surface area contributed by atoms with E-state index in [0.717, 1.165) is 10.0 Å². The number of ether oxygens (including phenoxy) is 1. The smallest absolute Gasteiger partial charge is 0.143 e. The molecule has 0 aliphatic rings. The first-order valence-electron chi connectivity index (χ1n) is 3.74. The van der Waals surface area contributed by atoms with Crippen LogP contribution >= 0.6 is 15.9 Å². The number of nitrogens with zero attached hydrogens (tertiary/aromatic N) is 1. The molecule has 4 heteroatoms. The summed E-state index contributed by atoms with van der Waals surface area (Å²) in [5.74, 6) is 0.714. The number of halogens is 1. The first kappa shape index (κ1) is 10.1. The van der Waals surface area contributed by atoms with E-state index in [-0.39, 0.29) is 0 Å². The summed E-state index contributed by atoms with van der Waals surface area (Å²) in [4.78, 5) is 3.91.